The molecule has 0 unspecified atom stereocenters. The third-order valence-electron chi connectivity index (χ3n) is 4.24. The van der Waals surface area contributed by atoms with Crippen LogP contribution in [0.15, 0.2) is 53.3 Å². The highest BCUT2D eigenvalue weighted by Gasteiger charge is 2.18. The molecule has 30 heavy (non-hydrogen) atoms. The number of phenols is 1. The van der Waals surface area contributed by atoms with Crippen LogP contribution in [0.25, 0.3) is 0 Å². The van der Waals surface area contributed by atoms with Gasteiger partial charge in [0.2, 0.25) is 0 Å². The number of hydrogen-bond donors (Lipinski definition) is 3. The summed E-state index contributed by atoms with van der Waals surface area (Å²) in [6.45, 7) is 0. The van der Waals surface area contributed by atoms with Crippen LogP contribution in [0.4, 0.5) is 5.69 Å². The molecule has 0 radical (unpaired) electrons. The van der Waals surface area contributed by atoms with E-state index in [2.05, 4.69) is 20.0 Å². The molecule has 0 fully saturated rings. The number of aromatic nitrogens is 2. The second-order valence-electron chi connectivity index (χ2n) is 6.25. The largest absolute Gasteiger partial charge is 0.505 e. The van der Waals surface area contributed by atoms with Crippen LogP contribution >= 0.6 is 0 Å². The van der Waals surface area contributed by atoms with Gasteiger partial charge in [-0.05, 0) is 29.8 Å². The van der Waals surface area contributed by atoms with E-state index in [0.717, 1.165) is 11.6 Å². The summed E-state index contributed by atoms with van der Waals surface area (Å²) in [6.07, 6.45) is 0.295. The van der Waals surface area contributed by atoms with E-state index in [0.29, 0.717) is 18.0 Å². The van der Waals surface area contributed by atoms with Crippen LogP contribution in [0.3, 0.4) is 0 Å². The maximum Gasteiger partial charge on any atom is 0.341 e. The number of rotatable bonds is 6. The van der Waals surface area contributed by atoms with E-state index in [4.69, 9.17) is 4.74 Å². The van der Waals surface area contributed by atoms with Gasteiger partial charge < -0.3 is 24.9 Å². The highest BCUT2D eigenvalue weighted by Crippen LogP contribution is 2.28. The van der Waals surface area contributed by atoms with E-state index in [1.807, 2.05) is 12.1 Å². The summed E-state index contributed by atoms with van der Waals surface area (Å²) in [6, 6.07) is 12.5. The molecule has 0 aliphatic carbocycles. The zero-order chi connectivity index (χ0) is 21.7. The van der Waals surface area contributed by atoms with Gasteiger partial charge in [-0.25, -0.2) is 9.78 Å². The van der Waals surface area contributed by atoms with Crippen LogP contribution in [0.1, 0.15) is 32.2 Å². The van der Waals surface area contributed by atoms with Crippen molar-refractivity contribution in [2.75, 3.05) is 19.5 Å². The SMILES string of the molecule is COC(=O)c1cccc(NC(=O)c2cc(=O)[nH]c(Cc3ccc(OC)cc3)n2)c1O. The molecule has 2 aromatic carbocycles. The number of benzene rings is 2. The Morgan fingerprint density at radius 3 is 2.53 bits per heavy atom. The lowest BCUT2D eigenvalue weighted by atomic mass is 10.1. The van der Waals surface area contributed by atoms with Gasteiger partial charge in [-0.1, -0.05) is 18.2 Å². The zero-order valence-corrected chi connectivity index (χ0v) is 16.3. The monoisotopic (exact) mass is 409 g/mol. The number of amides is 1. The van der Waals surface area contributed by atoms with Crippen molar-refractivity contribution in [2.24, 2.45) is 0 Å². The van der Waals surface area contributed by atoms with Crippen molar-refractivity contribution in [2.45, 2.75) is 6.42 Å². The Hall–Kier alpha value is -4.14. The summed E-state index contributed by atoms with van der Waals surface area (Å²) in [7, 11) is 2.74. The predicted molar refractivity (Wildman–Crippen MR) is 108 cm³/mol. The number of methoxy groups -OCH3 is 2. The first-order valence-corrected chi connectivity index (χ1v) is 8.86. The first-order valence-electron chi connectivity index (χ1n) is 8.86. The van der Waals surface area contributed by atoms with Gasteiger partial charge >= 0.3 is 5.97 Å². The van der Waals surface area contributed by atoms with E-state index in [-0.39, 0.29) is 16.9 Å². The van der Waals surface area contributed by atoms with Crippen LogP contribution in [-0.4, -0.2) is 41.2 Å². The lowest BCUT2D eigenvalue weighted by Gasteiger charge is -2.10. The number of carbonyl (C=O) groups is 2. The smallest absolute Gasteiger partial charge is 0.341 e. The highest BCUT2D eigenvalue weighted by atomic mass is 16.5. The number of hydrogen-bond acceptors (Lipinski definition) is 7. The number of para-hydroxylation sites is 1. The molecule has 0 spiro atoms. The number of aromatic amines is 1. The van der Waals surface area contributed by atoms with Gasteiger partial charge in [0, 0.05) is 12.5 Å². The van der Waals surface area contributed by atoms with Gasteiger partial charge in [0.25, 0.3) is 11.5 Å². The van der Waals surface area contributed by atoms with Gasteiger partial charge in [0.05, 0.1) is 19.9 Å². The Kier molecular flexibility index (Phi) is 6.11. The molecule has 1 amide bonds. The van der Waals surface area contributed by atoms with E-state index < -0.39 is 23.2 Å². The Morgan fingerprint density at radius 2 is 1.87 bits per heavy atom. The number of nitrogens with one attached hydrogen (secondary N) is 2. The zero-order valence-electron chi connectivity index (χ0n) is 16.3. The van der Waals surface area contributed by atoms with Crippen molar-refractivity contribution in [1.29, 1.82) is 0 Å². The molecule has 0 saturated carbocycles. The Morgan fingerprint density at radius 1 is 1.13 bits per heavy atom. The minimum atomic E-state index is -0.750. The number of carbonyl (C=O) groups excluding carboxylic acids is 2. The first-order chi connectivity index (χ1) is 14.4. The van der Waals surface area contributed by atoms with Crippen molar-refractivity contribution < 1.29 is 24.2 Å². The summed E-state index contributed by atoms with van der Waals surface area (Å²) in [5, 5.41) is 12.7. The van der Waals surface area contributed by atoms with Gasteiger partial charge in [-0.2, -0.15) is 0 Å². The molecule has 3 rings (SSSR count). The minimum Gasteiger partial charge on any atom is -0.505 e. The Balaban J connectivity index is 1.83. The summed E-state index contributed by atoms with van der Waals surface area (Å²) in [5.41, 5.74) is 0.118. The second-order valence-corrected chi connectivity index (χ2v) is 6.25. The van der Waals surface area contributed by atoms with Gasteiger partial charge in [-0.3, -0.25) is 9.59 Å². The number of H-pyrrole nitrogens is 1. The first kappa shape index (κ1) is 20.6. The number of esters is 1. The van der Waals surface area contributed by atoms with Crippen LogP contribution in [0.5, 0.6) is 11.5 Å². The summed E-state index contributed by atoms with van der Waals surface area (Å²) < 4.78 is 9.70. The Labute approximate surface area is 171 Å². The molecule has 0 bridgehead atoms. The van der Waals surface area contributed by atoms with Crippen molar-refractivity contribution in [3.05, 3.63) is 81.5 Å². The fourth-order valence-corrected chi connectivity index (χ4v) is 2.75. The summed E-state index contributed by atoms with van der Waals surface area (Å²) >= 11 is 0. The van der Waals surface area contributed by atoms with Crippen LogP contribution in [0, 0.1) is 0 Å². The molecule has 1 aromatic heterocycles. The van der Waals surface area contributed by atoms with Crippen molar-refractivity contribution in [3.63, 3.8) is 0 Å². The van der Waals surface area contributed by atoms with E-state index in [1.165, 1.54) is 25.3 Å². The lowest BCUT2D eigenvalue weighted by Crippen LogP contribution is -2.20. The van der Waals surface area contributed by atoms with Crippen molar-refractivity contribution in [3.8, 4) is 11.5 Å². The molecular weight excluding hydrogens is 390 g/mol. The van der Waals surface area contributed by atoms with E-state index in [1.54, 1.807) is 19.2 Å². The lowest BCUT2D eigenvalue weighted by molar-refractivity contribution is 0.0597. The summed E-state index contributed by atoms with van der Waals surface area (Å²) in [4.78, 5) is 43.1. The molecule has 154 valence electrons. The fraction of sp³-hybridized carbons (Fsp3) is 0.143. The maximum atomic E-state index is 12.6. The molecule has 0 saturated heterocycles. The van der Waals surface area contributed by atoms with Gasteiger partial charge in [0.1, 0.15) is 22.8 Å². The van der Waals surface area contributed by atoms with Crippen molar-refractivity contribution in [1.82, 2.24) is 9.97 Å². The molecule has 3 N–H and O–H groups in total. The van der Waals surface area contributed by atoms with E-state index in [9.17, 15) is 19.5 Å². The predicted octanol–water partition coefficient (Wildman–Crippen LogP) is 2.11. The molecule has 0 atom stereocenters. The number of anilines is 1. The molecule has 9 heteroatoms. The van der Waals surface area contributed by atoms with Crippen LogP contribution in [0.2, 0.25) is 0 Å². The molecular formula is C21H19N3O6. The van der Waals surface area contributed by atoms with Gasteiger partial charge in [-0.15, -0.1) is 0 Å². The quantitative estimate of drug-likeness (QED) is 0.420. The third-order valence-corrected chi connectivity index (χ3v) is 4.24. The number of phenolic OH excluding ortho intramolecular Hbond substituents is 1. The topological polar surface area (TPSA) is 131 Å². The normalized spacial score (nSPS) is 10.3. The molecule has 3 aromatic rings. The summed E-state index contributed by atoms with van der Waals surface area (Å²) in [5.74, 6) is -0.914. The maximum absolute atomic E-state index is 12.6. The minimum absolute atomic E-state index is 0.0123. The fourth-order valence-electron chi connectivity index (χ4n) is 2.75. The highest BCUT2D eigenvalue weighted by molar-refractivity contribution is 6.05. The van der Waals surface area contributed by atoms with Crippen LogP contribution in [-0.2, 0) is 11.2 Å². The molecule has 9 nitrogen and oxygen atoms in total. The van der Waals surface area contributed by atoms with E-state index >= 15 is 0 Å². The van der Waals surface area contributed by atoms with Gasteiger partial charge in [0.15, 0.2) is 5.75 Å². The average molecular weight is 409 g/mol. The second kappa shape index (κ2) is 8.91. The average Bonchev–Trinajstić information content (AvgIpc) is 2.74. The molecule has 1 heterocycles. The van der Waals surface area contributed by atoms with Crippen molar-refractivity contribution >= 4 is 17.6 Å². The number of aromatic hydroxyl groups is 1. The number of nitrogens with zero attached hydrogens (tertiary/aromatic N) is 1. The molecule has 0 aliphatic heterocycles. The number of ether oxygens (including phenoxy) is 2. The standard InChI is InChI=1S/C21H19N3O6/c1-29-13-8-6-12(7-9-13)10-17-22-16(11-18(25)24-17)20(27)23-15-5-3-4-14(19(15)26)21(28)30-2/h3-9,11,26H,10H2,1-2H3,(H,23,27)(H,22,24,25). The third kappa shape index (κ3) is 4.64. The Bertz CT molecular complexity index is 1140. The van der Waals surface area contributed by atoms with Crippen LogP contribution < -0.4 is 15.6 Å². The molecule has 0 aliphatic rings.